The van der Waals surface area contributed by atoms with Crippen LogP contribution in [0.2, 0.25) is 0 Å². The van der Waals surface area contributed by atoms with E-state index < -0.39 is 5.97 Å². The average molecular weight is 238 g/mol. The number of H-pyrrole nitrogens is 1. The van der Waals surface area contributed by atoms with Gasteiger partial charge < -0.3 is 10.1 Å². The Labute approximate surface area is 103 Å². The first-order valence-electron chi connectivity index (χ1n) is 5.51. The van der Waals surface area contributed by atoms with Gasteiger partial charge in [0.2, 0.25) is 0 Å². The van der Waals surface area contributed by atoms with Crippen molar-refractivity contribution in [3.8, 4) is 11.1 Å². The summed E-state index contributed by atoms with van der Waals surface area (Å²) in [7, 11) is 0. The molecule has 0 aliphatic carbocycles. The summed E-state index contributed by atoms with van der Waals surface area (Å²) in [5.41, 5.74) is 2.95. The van der Waals surface area contributed by atoms with Crippen molar-refractivity contribution in [1.29, 1.82) is 0 Å². The van der Waals surface area contributed by atoms with Crippen molar-refractivity contribution in [2.45, 2.75) is 0 Å². The molecule has 0 unspecified atom stereocenters. The van der Waals surface area contributed by atoms with E-state index in [1.165, 1.54) is 6.20 Å². The van der Waals surface area contributed by atoms with Gasteiger partial charge in [0.25, 0.3) is 0 Å². The number of aromatic carboxylic acids is 1. The van der Waals surface area contributed by atoms with Gasteiger partial charge in [-0.05, 0) is 46.8 Å². The number of carbonyl (C=O) groups is 1. The maximum absolute atomic E-state index is 10.9. The van der Waals surface area contributed by atoms with E-state index in [0.29, 0.717) is 0 Å². The van der Waals surface area contributed by atoms with Crippen LogP contribution in [-0.2, 0) is 0 Å². The lowest BCUT2D eigenvalue weighted by Gasteiger charge is -2.03. The van der Waals surface area contributed by atoms with Crippen LogP contribution in [0.25, 0.3) is 22.0 Å². The monoisotopic (exact) mass is 238 g/mol. The van der Waals surface area contributed by atoms with Gasteiger partial charge in [0.1, 0.15) is 5.69 Å². The fourth-order valence-corrected chi connectivity index (χ4v) is 1.96. The van der Waals surface area contributed by atoms with Crippen molar-refractivity contribution >= 4 is 16.9 Å². The molecular formula is C14H10N2O2. The first kappa shape index (κ1) is 10.5. The number of pyridine rings is 1. The molecule has 0 fully saturated rings. The van der Waals surface area contributed by atoms with Crippen LogP contribution in [0.4, 0.5) is 0 Å². The predicted molar refractivity (Wildman–Crippen MR) is 68.5 cm³/mol. The molecule has 0 saturated heterocycles. The van der Waals surface area contributed by atoms with Crippen molar-refractivity contribution in [2.75, 3.05) is 0 Å². The number of hydrogen-bond donors (Lipinski definition) is 2. The van der Waals surface area contributed by atoms with E-state index in [4.69, 9.17) is 5.11 Å². The Balaban J connectivity index is 2.13. The summed E-state index contributed by atoms with van der Waals surface area (Å²) in [4.78, 5) is 17.8. The van der Waals surface area contributed by atoms with Crippen LogP contribution in [0.5, 0.6) is 0 Å². The topological polar surface area (TPSA) is 66.0 Å². The molecule has 0 radical (unpaired) electrons. The van der Waals surface area contributed by atoms with Crippen molar-refractivity contribution < 1.29 is 9.90 Å². The molecule has 1 aromatic carbocycles. The standard InChI is InChI=1S/C14H10N2O2/c17-14(18)13-8-10(3-5-16-13)9-1-2-12-11(7-9)4-6-15-12/h1-8,15H,(H,17,18). The molecular weight excluding hydrogens is 228 g/mol. The van der Waals surface area contributed by atoms with Crippen LogP contribution in [-0.4, -0.2) is 21.0 Å². The Bertz CT molecular complexity index is 731. The van der Waals surface area contributed by atoms with Crippen LogP contribution in [0.1, 0.15) is 10.5 Å². The fraction of sp³-hybridized carbons (Fsp3) is 0. The van der Waals surface area contributed by atoms with Gasteiger partial charge in [0.05, 0.1) is 0 Å². The van der Waals surface area contributed by atoms with Gasteiger partial charge >= 0.3 is 5.97 Å². The summed E-state index contributed by atoms with van der Waals surface area (Å²) < 4.78 is 0. The van der Waals surface area contributed by atoms with Gasteiger partial charge in [-0.25, -0.2) is 9.78 Å². The van der Waals surface area contributed by atoms with Gasteiger partial charge in [-0.2, -0.15) is 0 Å². The smallest absolute Gasteiger partial charge is 0.354 e. The lowest BCUT2D eigenvalue weighted by atomic mass is 10.0. The first-order chi connectivity index (χ1) is 8.74. The molecule has 0 aliphatic rings. The molecule has 3 rings (SSSR count). The number of hydrogen-bond acceptors (Lipinski definition) is 2. The van der Waals surface area contributed by atoms with Gasteiger partial charge in [0, 0.05) is 17.9 Å². The molecule has 0 spiro atoms. The highest BCUT2D eigenvalue weighted by atomic mass is 16.4. The van der Waals surface area contributed by atoms with Crippen LogP contribution < -0.4 is 0 Å². The highest BCUT2D eigenvalue weighted by molar-refractivity contribution is 5.89. The molecule has 0 aliphatic heterocycles. The zero-order valence-corrected chi connectivity index (χ0v) is 9.42. The summed E-state index contributed by atoms with van der Waals surface area (Å²) in [6.45, 7) is 0. The third-order valence-electron chi connectivity index (χ3n) is 2.87. The SMILES string of the molecule is O=C(O)c1cc(-c2ccc3[nH]ccc3c2)ccn1. The Hall–Kier alpha value is -2.62. The molecule has 0 bridgehead atoms. The lowest BCUT2D eigenvalue weighted by Crippen LogP contribution is -1.99. The number of rotatable bonds is 2. The quantitative estimate of drug-likeness (QED) is 0.721. The minimum absolute atomic E-state index is 0.0571. The van der Waals surface area contributed by atoms with E-state index >= 15 is 0 Å². The molecule has 2 N–H and O–H groups in total. The largest absolute Gasteiger partial charge is 0.477 e. The number of aromatic amines is 1. The molecule has 4 nitrogen and oxygen atoms in total. The second-order valence-electron chi connectivity index (χ2n) is 4.01. The highest BCUT2D eigenvalue weighted by Gasteiger charge is 2.06. The molecule has 2 heterocycles. The Kier molecular flexibility index (Phi) is 2.34. The van der Waals surface area contributed by atoms with Crippen LogP contribution in [0, 0.1) is 0 Å². The van der Waals surface area contributed by atoms with Crippen molar-refractivity contribution in [2.24, 2.45) is 0 Å². The summed E-state index contributed by atoms with van der Waals surface area (Å²) in [5, 5.41) is 10.0. The van der Waals surface area contributed by atoms with E-state index in [-0.39, 0.29) is 5.69 Å². The van der Waals surface area contributed by atoms with E-state index in [1.807, 2.05) is 30.5 Å². The Morgan fingerprint density at radius 3 is 2.78 bits per heavy atom. The minimum Gasteiger partial charge on any atom is -0.477 e. The van der Waals surface area contributed by atoms with Crippen LogP contribution in [0.3, 0.4) is 0 Å². The molecule has 4 heteroatoms. The highest BCUT2D eigenvalue weighted by Crippen LogP contribution is 2.24. The summed E-state index contributed by atoms with van der Waals surface area (Å²) >= 11 is 0. The summed E-state index contributed by atoms with van der Waals surface area (Å²) in [5.74, 6) is -1.01. The maximum atomic E-state index is 10.9. The molecule has 0 atom stereocenters. The number of nitrogens with zero attached hydrogens (tertiary/aromatic N) is 1. The predicted octanol–water partition coefficient (Wildman–Crippen LogP) is 2.93. The number of aromatic nitrogens is 2. The van der Waals surface area contributed by atoms with Gasteiger partial charge in [-0.15, -0.1) is 0 Å². The third-order valence-corrected chi connectivity index (χ3v) is 2.87. The first-order valence-corrected chi connectivity index (χ1v) is 5.51. The molecule has 0 saturated carbocycles. The number of benzene rings is 1. The van der Waals surface area contributed by atoms with Gasteiger partial charge in [-0.1, -0.05) is 6.07 Å². The van der Waals surface area contributed by atoms with Gasteiger partial charge in [-0.3, -0.25) is 0 Å². The third kappa shape index (κ3) is 1.73. The van der Waals surface area contributed by atoms with E-state index in [1.54, 1.807) is 12.1 Å². The zero-order chi connectivity index (χ0) is 12.5. The summed E-state index contributed by atoms with van der Waals surface area (Å²) in [6.07, 6.45) is 3.39. The number of nitrogens with one attached hydrogen (secondary N) is 1. The summed E-state index contributed by atoms with van der Waals surface area (Å²) in [6, 6.07) is 11.3. The molecule has 18 heavy (non-hydrogen) atoms. The second kappa shape index (κ2) is 4.00. The Morgan fingerprint density at radius 1 is 1.11 bits per heavy atom. The van der Waals surface area contributed by atoms with Crippen molar-refractivity contribution in [3.05, 3.63) is 54.5 Å². The molecule has 3 aromatic rings. The van der Waals surface area contributed by atoms with E-state index in [0.717, 1.165) is 22.0 Å². The van der Waals surface area contributed by atoms with Crippen molar-refractivity contribution in [1.82, 2.24) is 9.97 Å². The molecule has 0 amide bonds. The lowest BCUT2D eigenvalue weighted by molar-refractivity contribution is 0.0690. The average Bonchev–Trinajstić information content (AvgIpc) is 2.86. The zero-order valence-electron chi connectivity index (χ0n) is 9.42. The maximum Gasteiger partial charge on any atom is 0.354 e. The van der Waals surface area contributed by atoms with Gasteiger partial charge in [0.15, 0.2) is 0 Å². The molecule has 2 aromatic heterocycles. The second-order valence-corrected chi connectivity index (χ2v) is 4.01. The number of carboxylic acids is 1. The van der Waals surface area contributed by atoms with E-state index in [2.05, 4.69) is 9.97 Å². The van der Waals surface area contributed by atoms with Crippen molar-refractivity contribution in [3.63, 3.8) is 0 Å². The normalized spacial score (nSPS) is 10.7. The fourth-order valence-electron chi connectivity index (χ4n) is 1.96. The Morgan fingerprint density at radius 2 is 1.94 bits per heavy atom. The number of carboxylic acid groups (broad SMARTS) is 1. The number of fused-ring (bicyclic) bond motifs is 1. The van der Waals surface area contributed by atoms with Crippen LogP contribution >= 0.6 is 0 Å². The van der Waals surface area contributed by atoms with Crippen LogP contribution in [0.15, 0.2) is 48.8 Å². The minimum atomic E-state index is -1.01. The van der Waals surface area contributed by atoms with E-state index in [9.17, 15) is 4.79 Å². The molecule has 88 valence electrons.